The molecule has 0 aliphatic heterocycles. The summed E-state index contributed by atoms with van der Waals surface area (Å²) in [6.45, 7) is 2.19. The molecule has 0 bridgehead atoms. The Morgan fingerprint density at radius 3 is 2.17 bits per heavy atom. The molecule has 0 aromatic heterocycles. The summed E-state index contributed by atoms with van der Waals surface area (Å²) in [6.07, 6.45) is 11.2. The van der Waals surface area contributed by atoms with Crippen LogP contribution >= 0.6 is 0 Å². The van der Waals surface area contributed by atoms with E-state index in [4.69, 9.17) is 9.47 Å². The van der Waals surface area contributed by atoms with Gasteiger partial charge in [0.2, 0.25) is 0 Å². The summed E-state index contributed by atoms with van der Waals surface area (Å²) in [7, 11) is 1.70. The van der Waals surface area contributed by atoms with Gasteiger partial charge in [0.1, 0.15) is 0 Å². The highest BCUT2D eigenvalue weighted by atomic mass is 16.5. The molecule has 0 aromatic carbocycles. The number of aliphatic hydroxyl groups is 3. The van der Waals surface area contributed by atoms with Crippen LogP contribution in [0.5, 0.6) is 0 Å². The molecule has 3 aliphatic carbocycles. The number of hydrogen-bond acceptors (Lipinski definition) is 6. The minimum atomic E-state index is -0.474. The standard InChI is InChI=1S/C14H26O3.C9H16O3/c1-17-11-7-8-12(13(15)9-11)14(16)10-5-3-2-4-6-10;1-2-12-9(11)7-5-3-4-6-8(7)10/h10-16H,2-9H2,1H3;7-8,10H,2-6H2,1H3. The van der Waals surface area contributed by atoms with Gasteiger partial charge < -0.3 is 24.8 Å². The number of aliphatic hydroxyl groups excluding tert-OH is 3. The van der Waals surface area contributed by atoms with Crippen LogP contribution in [0.25, 0.3) is 0 Å². The number of methoxy groups -OCH3 is 1. The summed E-state index contributed by atoms with van der Waals surface area (Å²) < 4.78 is 10.1. The molecule has 0 spiro atoms. The van der Waals surface area contributed by atoms with Crippen molar-refractivity contribution < 1.29 is 29.6 Å². The van der Waals surface area contributed by atoms with Crippen LogP contribution in [0.1, 0.15) is 84.0 Å². The van der Waals surface area contributed by atoms with Crippen molar-refractivity contribution in [2.24, 2.45) is 17.8 Å². The van der Waals surface area contributed by atoms with E-state index in [9.17, 15) is 20.1 Å². The molecule has 6 atom stereocenters. The van der Waals surface area contributed by atoms with Gasteiger partial charge in [0.15, 0.2) is 0 Å². The molecule has 0 radical (unpaired) electrons. The Kier molecular flexibility index (Phi) is 10.9. The molecule has 0 heterocycles. The smallest absolute Gasteiger partial charge is 0.311 e. The normalized spacial score (nSPS) is 34.6. The lowest BCUT2D eigenvalue weighted by atomic mass is 9.73. The van der Waals surface area contributed by atoms with Gasteiger partial charge in [0.25, 0.3) is 0 Å². The Bertz CT molecular complexity index is 464. The molecule has 0 aromatic rings. The van der Waals surface area contributed by atoms with Gasteiger partial charge in [-0.15, -0.1) is 0 Å². The van der Waals surface area contributed by atoms with Crippen molar-refractivity contribution in [3.05, 3.63) is 0 Å². The highest BCUT2D eigenvalue weighted by Gasteiger charge is 2.37. The van der Waals surface area contributed by atoms with Gasteiger partial charge in [-0.2, -0.15) is 0 Å². The molecular formula is C23H42O6. The first-order valence-corrected chi connectivity index (χ1v) is 11.7. The van der Waals surface area contributed by atoms with Gasteiger partial charge in [-0.3, -0.25) is 4.79 Å². The van der Waals surface area contributed by atoms with Crippen molar-refractivity contribution in [1.82, 2.24) is 0 Å². The van der Waals surface area contributed by atoms with Crippen LogP contribution in [0.3, 0.4) is 0 Å². The van der Waals surface area contributed by atoms with Crippen LogP contribution < -0.4 is 0 Å². The van der Waals surface area contributed by atoms with Crippen LogP contribution in [0.2, 0.25) is 0 Å². The van der Waals surface area contributed by atoms with Gasteiger partial charge in [-0.1, -0.05) is 32.1 Å². The molecule has 6 heteroatoms. The molecule has 29 heavy (non-hydrogen) atoms. The lowest BCUT2D eigenvalue weighted by molar-refractivity contribution is -0.153. The largest absolute Gasteiger partial charge is 0.466 e. The summed E-state index contributed by atoms with van der Waals surface area (Å²) in [5, 5.41) is 30.0. The number of ether oxygens (including phenoxy) is 2. The molecule has 3 aliphatic rings. The summed E-state index contributed by atoms with van der Waals surface area (Å²) in [5.41, 5.74) is 0. The molecule has 0 saturated heterocycles. The van der Waals surface area contributed by atoms with Crippen molar-refractivity contribution in [1.29, 1.82) is 0 Å². The minimum Gasteiger partial charge on any atom is -0.466 e. The predicted octanol–water partition coefficient (Wildman–Crippen LogP) is 3.20. The van der Waals surface area contributed by atoms with Crippen molar-refractivity contribution in [2.75, 3.05) is 13.7 Å². The maximum Gasteiger partial charge on any atom is 0.311 e. The Morgan fingerprint density at radius 1 is 0.931 bits per heavy atom. The second-order valence-corrected chi connectivity index (χ2v) is 9.00. The highest BCUT2D eigenvalue weighted by Crippen LogP contribution is 2.36. The molecule has 3 rings (SSSR count). The molecule has 6 unspecified atom stereocenters. The maximum absolute atomic E-state index is 11.2. The van der Waals surface area contributed by atoms with Crippen molar-refractivity contribution in [3.8, 4) is 0 Å². The quantitative estimate of drug-likeness (QED) is 0.598. The van der Waals surface area contributed by atoms with Crippen LogP contribution in [0.4, 0.5) is 0 Å². The third kappa shape index (κ3) is 7.50. The number of carbonyl (C=O) groups excluding carboxylic acids is 1. The third-order valence-corrected chi connectivity index (χ3v) is 7.04. The zero-order valence-electron chi connectivity index (χ0n) is 18.3. The third-order valence-electron chi connectivity index (χ3n) is 7.04. The lowest BCUT2D eigenvalue weighted by Crippen LogP contribution is -2.43. The molecule has 6 nitrogen and oxygen atoms in total. The first kappa shape index (κ1) is 24.6. The van der Waals surface area contributed by atoms with Crippen molar-refractivity contribution in [3.63, 3.8) is 0 Å². The molecule has 3 fully saturated rings. The number of rotatable bonds is 5. The summed E-state index contributed by atoms with van der Waals surface area (Å²) >= 11 is 0. The van der Waals surface area contributed by atoms with E-state index in [0.29, 0.717) is 18.9 Å². The van der Waals surface area contributed by atoms with E-state index in [-0.39, 0.29) is 36.1 Å². The van der Waals surface area contributed by atoms with E-state index in [1.54, 1.807) is 14.0 Å². The van der Waals surface area contributed by atoms with Gasteiger partial charge in [-0.05, 0) is 57.8 Å². The SMILES string of the molecule is CCOC(=O)C1CCCCC1O.COC1CCC(C(O)C2CCCCC2)C(O)C1. The Hall–Kier alpha value is -0.690. The van der Waals surface area contributed by atoms with Crippen LogP contribution in [0, 0.1) is 17.8 Å². The molecular weight excluding hydrogens is 372 g/mol. The minimum absolute atomic E-state index is 0.0736. The predicted molar refractivity (Wildman–Crippen MR) is 111 cm³/mol. The lowest BCUT2D eigenvalue weighted by Gasteiger charge is -2.39. The Morgan fingerprint density at radius 2 is 1.59 bits per heavy atom. The van der Waals surface area contributed by atoms with Crippen molar-refractivity contribution >= 4 is 5.97 Å². The number of hydrogen-bond donors (Lipinski definition) is 3. The van der Waals surface area contributed by atoms with Crippen molar-refractivity contribution in [2.45, 2.75) is 108 Å². The van der Waals surface area contributed by atoms with Gasteiger partial charge in [-0.25, -0.2) is 0 Å². The second-order valence-electron chi connectivity index (χ2n) is 9.00. The maximum atomic E-state index is 11.2. The molecule has 3 saturated carbocycles. The summed E-state index contributed by atoms with van der Waals surface area (Å²) in [4.78, 5) is 11.2. The molecule has 170 valence electrons. The monoisotopic (exact) mass is 414 g/mol. The Balaban J connectivity index is 0.000000221. The topological polar surface area (TPSA) is 96.2 Å². The first-order valence-electron chi connectivity index (χ1n) is 11.7. The van der Waals surface area contributed by atoms with E-state index in [1.807, 2.05) is 0 Å². The molecule has 3 N–H and O–H groups in total. The first-order chi connectivity index (χ1) is 14.0. The fourth-order valence-corrected chi connectivity index (χ4v) is 5.21. The van der Waals surface area contributed by atoms with Gasteiger partial charge >= 0.3 is 5.97 Å². The van der Waals surface area contributed by atoms with E-state index < -0.39 is 6.10 Å². The summed E-state index contributed by atoms with van der Waals surface area (Å²) in [5.74, 6) is -0.00426. The average molecular weight is 415 g/mol. The van der Waals surface area contributed by atoms with E-state index >= 15 is 0 Å². The van der Waals surface area contributed by atoms with E-state index in [2.05, 4.69) is 0 Å². The fraction of sp³-hybridized carbons (Fsp3) is 0.957. The van der Waals surface area contributed by atoms with Gasteiger partial charge in [0, 0.05) is 13.0 Å². The Labute approximate surface area is 176 Å². The van der Waals surface area contributed by atoms with Crippen LogP contribution in [-0.2, 0) is 14.3 Å². The fourth-order valence-electron chi connectivity index (χ4n) is 5.21. The van der Waals surface area contributed by atoms with E-state index in [1.165, 1.54) is 19.3 Å². The zero-order valence-corrected chi connectivity index (χ0v) is 18.3. The number of carbonyl (C=O) groups is 1. The average Bonchev–Trinajstić information content (AvgIpc) is 2.74. The summed E-state index contributed by atoms with van der Waals surface area (Å²) in [6, 6.07) is 0. The van der Waals surface area contributed by atoms with E-state index in [0.717, 1.165) is 51.4 Å². The molecule has 0 amide bonds. The van der Waals surface area contributed by atoms with Crippen LogP contribution in [-0.4, -0.2) is 59.4 Å². The van der Waals surface area contributed by atoms with Gasteiger partial charge in [0.05, 0.1) is 36.9 Å². The zero-order chi connectivity index (χ0) is 21.2. The highest BCUT2D eigenvalue weighted by molar-refractivity contribution is 5.73. The number of esters is 1. The second kappa shape index (κ2) is 12.9. The van der Waals surface area contributed by atoms with Crippen LogP contribution in [0.15, 0.2) is 0 Å².